The van der Waals surface area contributed by atoms with Crippen molar-refractivity contribution in [1.82, 2.24) is 24.5 Å². The summed E-state index contributed by atoms with van der Waals surface area (Å²) in [6.07, 6.45) is 5.31. The molecular formula is C14H20N6O2S. The van der Waals surface area contributed by atoms with Crippen molar-refractivity contribution in [2.24, 2.45) is 7.05 Å². The molecule has 1 aliphatic rings. The van der Waals surface area contributed by atoms with Crippen LogP contribution in [-0.4, -0.2) is 56.0 Å². The Kier molecular flexibility index (Phi) is 4.97. The molecule has 0 aliphatic carbocycles. The van der Waals surface area contributed by atoms with Crippen LogP contribution in [0.1, 0.15) is 12.8 Å². The summed E-state index contributed by atoms with van der Waals surface area (Å²) in [6, 6.07) is 1.87. The zero-order valence-corrected chi connectivity index (χ0v) is 14.1. The first-order chi connectivity index (χ1) is 11.2. The van der Waals surface area contributed by atoms with E-state index >= 15 is 0 Å². The average Bonchev–Trinajstić information content (AvgIpc) is 3.16. The van der Waals surface area contributed by atoms with Crippen molar-refractivity contribution in [3.05, 3.63) is 18.6 Å². The number of nitrogens with zero attached hydrogens (tertiary/aromatic N) is 6. The quantitative estimate of drug-likeness (QED) is 0.781. The molecule has 2 aromatic rings. The van der Waals surface area contributed by atoms with Crippen LogP contribution in [0.25, 0.3) is 0 Å². The molecule has 3 heterocycles. The fourth-order valence-corrected chi connectivity index (χ4v) is 3.67. The molecule has 8 nitrogen and oxygen atoms in total. The van der Waals surface area contributed by atoms with Crippen molar-refractivity contribution in [3.8, 4) is 0 Å². The molecule has 1 amide bonds. The van der Waals surface area contributed by atoms with Crippen LogP contribution in [0.2, 0.25) is 0 Å². The van der Waals surface area contributed by atoms with Gasteiger partial charge in [-0.05, 0) is 12.8 Å². The molecule has 0 spiro atoms. The summed E-state index contributed by atoms with van der Waals surface area (Å²) in [5.41, 5.74) is 0. The van der Waals surface area contributed by atoms with Crippen molar-refractivity contribution in [1.29, 1.82) is 0 Å². The molecular weight excluding hydrogens is 316 g/mol. The fraction of sp³-hybridized carbons (Fsp3) is 0.571. The maximum absolute atomic E-state index is 12.8. The highest BCUT2D eigenvalue weighted by Crippen LogP contribution is 2.30. The number of ether oxygens (including phenoxy) is 1. The van der Waals surface area contributed by atoms with Gasteiger partial charge < -0.3 is 9.30 Å². The summed E-state index contributed by atoms with van der Waals surface area (Å²) in [5, 5.41) is 13.0. The SMILES string of the molecule is COCCn1cnnc1SC1CCCN(c2ccn(C)n2)C1=O. The minimum absolute atomic E-state index is 0.0845. The van der Waals surface area contributed by atoms with Gasteiger partial charge in [-0.25, -0.2) is 0 Å². The molecule has 0 aromatic carbocycles. The number of piperidine rings is 1. The monoisotopic (exact) mass is 336 g/mol. The zero-order chi connectivity index (χ0) is 16.2. The van der Waals surface area contributed by atoms with Crippen LogP contribution < -0.4 is 4.90 Å². The maximum atomic E-state index is 12.8. The van der Waals surface area contributed by atoms with Gasteiger partial charge in [0.25, 0.3) is 0 Å². The summed E-state index contributed by atoms with van der Waals surface area (Å²) in [7, 11) is 3.51. The van der Waals surface area contributed by atoms with E-state index in [1.807, 2.05) is 23.9 Å². The van der Waals surface area contributed by atoms with Gasteiger partial charge in [-0.1, -0.05) is 11.8 Å². The number of rotatable bonds is 6. The van der Waals surface area contributed by atoms with Gasteiger partial charge >= 0.3 is 0 Å². The number of hydrogen-bond acceptors (Lipinski definition) is 6. The van der Waals surface area contributed by atoms with E-state index in [4.69, 9.17) is 4.74 Å². The lowest BCUT2D eigenvalue weighted by atomic mass is 10.1. The van der Waals surface area contributed by atoms with Gasteiger partial charge in [0.1, 0.15) is 6.33 Å². The Balaban J connectivity index is 1.70. The van der Waals surface area contributed by atoms with Gasteiger partial charge in [0.05, 0.1) is 11.9 Å². The summed E-state index contributed by atoms with van der Waals surface area (Å²) < 4.78 is 8.71. The molecule has 1 saturated heterocycles. The van der Waals surface area contributed by atoms with E-state index in [1.54, 1.807) is 23.0 Å². The maximum Gasteiger partial charge on any atom is 0.241 e. The first-order valence-corrected chi connectivity index (χ1v) is 8.41. The average molecular weight is 336 g/mol. The Morgan fingerprint density at radius 3 is 3.09 bits per heavy atom. The summed E-state index contributed by atoms with van der Waals surface area (Å²) >= 11 is 1.47. The van der Waals surface area contributed by atoms with Crippen molar-refractivity contribution in [3.63, 3.8) is 0 Å². The highest BCUT2D eigenvalue weighted by atomic mass is 32.2. The normalized spacial score (nSPS) is 18.6. The lowest BCUT2D eigenvalue weighted by molar-refractivity contribution is -0.119. The number of anilines is 1. The van der Waals surface area contributed by atoms with Gasteiger partial charge in [-0.3, -0.25) is 14.4 Å². The molecule has 1 unspecified atom stereocenters. The van der Waals surface area contributed by atoms with E-state index in [0.717, 1.165) is 18.0 Å². The molecule has 1 aliphatic heterocycles. The summed E-state index contributed by atoms with van der Waals surface area (Å²) in [4.78, 5) is 14.5. The first kappa shape index (κ1) is 16.0. The fourth-order valence-electron chi connectivity index (χ4n) is 2.53. The largest absolute Gasteiger partial charge is 0.383 e. The van der Waals surface area contributed by atoms with E-state index < -0.39 is 0 Å². The molecule has 124 valence electrons. The number of aromatic nitrogens is 5. The highest BCUT2D eigenvalue weighted by Gasteiger charge is 2.32. The molecule has 0 radical (unpaired) electrons. The second-order valence-electron chi connectivity index (χ2n) is 5.39. The van der Waals surface area contributed by atoms with Crippen molar-refractivity contribution < 1.29 is 9.53 Å². The number of carbonyl (C=O) groups excluding carboxylic acids is 1. The Hall–Kier alpha value is -1.87. The number of thioether (sulfide) groups is 1. The zero-order valence-electron chi connectivity index (χ0n) is 13.3. The van der Waals surface area contributed by atoms with E-state index in [0.29, 0.717) is 25.5 Å². The van der Waals surface area contributed by atoms with E-state index in [2.05, 4.69) is 15.3 Å². The van der Waals surface area contributed by atoms with E-state index in [1.165, 1.54) is 11.8 Å². The number of hydrogen-bond donors (Lipinski definition) is 0. The third kappa shape index (κ3) is 3.56. The van der Waals surface area contributed by atoms with Gasteiger partial charge in [0.15, 0.2) is 11.0 Å². The molecule has 3 rings (SSSR count). The minimum Gasteiger partial charge on any atom is -0.383 e. The number of aryl methyl sites for hydroxylation is 1. The van der Waals surface area contributed by atoms with Crippen molar-refractivity contribution >= 4 is 23.5 Å². The molecule has 1 atom stereocenters. The lowest BCUT2D eigenvalue weighted by Crippen LogP contribution is -2.43. The second-order valence-corrected chi connectivity index (χ2v) is 6.56. The standard InChI is InChI=1S/C14H20N6O2S/c1-18-7-5-12(17-18)20-6-3-4-11(13(20)21)23-14-16-15-10-19(14)8-9-22-2/h5,7,10-11H,3-4,6,8-9H2,1-2H3. The van der Waals surface area contributed by atoms with E-state index in [9.17, 15) is 4.79 Å². The van der Waals surface area contributed by atoms with Crippen LogP contribution in [0.3, 0.4) is 0 Å². The van der Waals surface area contributed by atoms with E-state index in [-0.39, 0.29) is 11.2 Å². The molecule has 23 heavy (non-hydrogen) atoms. The highest BCUT2D eigenvalue weighted by molar-refractivity contribution is 8.00. The van der Waals surface area contributed by atoms with Crippen LogP contribution in [0.4, 0.5) is 5.82 Å². The first-order valence-electron chi connectivity index (χ1n) is 7.53. The summed E-state index contributed by atoms with van der Waals surface area (Å²) in [5.74, 6) is 0.796. The molecule has 2 aromatic heterocycles. The molecule has 0 bridgehead atoms. The number of methoxy groups -OCH3 is 1. The second kappa shape index (κ2) is 7.14. The van der Waals surface area contributed by atoms with Crippen LogP contribution in [0.15, 0.2) is 23.7 Å². The van der Waals surface area contributed by atoms with Crippen molar-refractivity contribution in [2.45, 2.75) is 29.8 Å². The number of amides is 1. The Labute approximate surface area is 138 Å². The van der Waals surface area contributed by atoms with Gasteiger partial charge in [-0.2, -0.15) is 5.10 Å². The number of carbonyl (C=O) groups is 1. The Bertz CT molecular complexity index is 670. The predicted molar refractivity (Wildman–Crippen MR) is 86.3 cm³/mol. The molecule has 0 N–H and O–H groups in total. The predicted octanol–water partition coefficient (Wildman–Crippen LogP) is 0.946. The van der Waals surface area contributed by atoms with Crippen molar-refractivity contribution in [2.75, 3.05) is 25.2 Å². The smallest absolute Gasteiger partial charge is 0.241 e. The molecule has 9 heteroatoms. The third-order valence-electron chi connectivity index (χ3n) is 3.73. The minimum atomic E-state index is -0.156. The lowest BCUT2D eigenvalue weighted by Gasteiger charge is -2.30. The Morgan fingerprint density at radius 2 is 2.35 bits per heavy atom. The van der Waals surface area contributed by atoms with Gasteiger partial charge in [0, 0.05) is 39.5 Å². The molecule has 1 fully saturated rings. The topological polar surface area (TPSA) is 78.1 Å². The van der Waals surface area contributed by atoms with Gasteiger partial charge in [-0.15, -0.1) is 10.2 Å². The van der Waals surface area contributed by atoms with Crippen LogP contribution >= 0.6 is 11.8 Å². The van der Waals surface area contributed by atoms with Crippen LogP contribution in [0.5, 0.6) is 0 Å². The molecule has 0 saturated carbocycles. The third-order valence-corrected chi connectivity index (χ3v) is 4.98. The Morgan fingerprint density at radius 1 is 1.48 bits per heavy atom. The summed E-state index contributed by atoms with van der Waals surface area (Å²) in [6.45, 7) is 1.98. The van der Waals surface area contributed by atoms with Crippen LogP contribution in [0, 0.1) is 0 Å². The van der Waals surface area contributed by atoms with Gasteiger partial charge in [0.2, 0.25) is 5.91 Å². The van der Waals surface area contributed by atoms with Crippen LogP contribution in [-0.2, 0) is 23.1 Å².